The van der Waals surface area contributed by atoms with E-state index in [0.717, 1.165) is 66.2 Å². The van der Waals surface area contributed by atoms with Crippen LogP contribution in [0.25, 0.3) is 10.9 Å². The van der Waals surface area contributed by atoms with Gasteiger partial charge in [0.05, 0.1) is 23.2 Å². The van der Waals surface area contributed by atoms with E-state index >= 15 is 0 Å². The smallest absolute Gasteiger partial charge is 0.199 e. The quantitative estimate of drug-likeness (QED) is 0.718. The molecule has 5 nitrogen and oxygen atoms in total. The zero-order valence-electron chi connectivity index (χ0n) is 14.8. The number of hydrogen-bond acceptors (Lipinski definition) is 5. The molecule has 0 bridgehead atoms. The number of thioether (sulfide) groups is 1. The topological polar surface area (TPSA) is 45.5 Å². The van der Waals surface area contributed by atoms with Crippen LogP contribution < -0.4 is 4.74 Å². The summed E-state index contributed by atoms with van der Waals surface area (Å²) in [7, 11) is 0. The first-order valence-corrected chi connectivity index (χ1v) is 10.4. The lowest BCUT2D eigenvalue weighted by atomic mass is 10.2. The summed E-state index contributed by atoms with van der Waals surface area (Å²) in [6.07, 6.45) is 8.52. The minimum Gasteiger partial charge on any atom is -0.464 e. The minimum absolute atomic E-state index is 0.0548. The highest BCUT2D eigenvalue weighted by molar-refractivity contribution is 7.99. The summed E-state index contributed by atoms with van der Waals surface area (Å²) in [6.45, 7) is 3.78. The van der Waals surface area contributed by atoms with Crippen molar-refractivity contribution in [3.05, 3.63) is 18.3 Å². The molecule has 2 atom stereocenters. The summed E-state index contributed by atoms with van der Waals surface area (Å²) < 4.78 is 19.9. The summed E-state index contributed by atoms with van der Waals surface area (Å²) >= 11 is 1.81. The zero-order chi connectivity index (χ0) is 17.1. The first kappa shape index (κ1) is 17.2. The van der Waals surface area contributed by atoms with Crippen LogP contribution in [0.15, 0.2) is 23.2 Å². The maximum Gasteiger partial charge on any atom is 0.199 e. The van der Waals surface area contributed by atoms with Crippen LogP contribution in [0.4, 0.5) is 0 Å². The van der Waals surface area contributed by atoms with Crippen molar-refractivity contribution in [2.45, 2.75) is 62.9 Å². The van der Waals surface area contributed by atoms with Crippen LogP contribution in [0.2, 0.25) is 0 Å². The van der Waals surface area contributed by atoms with Crippen LogP contribution in [-0.4, -0.2) is 35.0 Å². The Bertz CT molecular complexity index is 706. The van der Waals surface area contributed by atoms with Gasteiger partial charge in [-0.2, -0.15) is 5.10 Å². The Morgan fingerprint density at radius 1 is 1.16 bits per heavy atom. The minimum atomic E-state index is -0.126. The van der Waals surface area contributed by atoms with E-state index in [0.29, 0.717) is 0 Å². The van der Waals surface area contributed by atoms with Crippen LogP contribution in [0.3, 0.4) is 0 Å². The lowest BCUT2D eigenvalue weighted by Gasteiger charge is -2.25. The van der Waals surface area contributed by atoms with Gasteiger partial charge in [-0.15, -0.1) is 11.8 Å². The zero-order valence-corrected chi connectivity index (χ0v) is 15.6. The highest BCUT2D eigenvalue weighted by atomic mass is 32.2. The third-order valence-electron chi connectivity index (χ3n) is 4.81. The van der Waals surface area contributed by atoms with Gasteiger partial charge in [0.25, 0.3) is 0 Å². The second-order valence-corrected chi connectivity index (χ2v) is 7.86. The third kappa shape index (κ3) is 3.66. The second kappa shape index (κ2) is 7.98. The largest absolute Gasteiger partial charge is 0.464 e. The van der Waals surface area contributed by atoms with Gasteiger partial charge in [0.2, 0.25) is 0 Å². The highest BCUT2D eigenvalue weighted by Gasteiger charge is 2.22. The van der Waals surface area contributed by atoms with Gasteiger partial charge in [-0.05, 0) is 50.0 Å². The average Bonchev–Trinajstić information content (AvgIpc) is 3.10. The molecule has 0 radical (unpaired) electrons. The van der Waals surface area contributed by atoms with Gasteiger partial charge in [-0.1, -0.05) is 6.92 Å². The van der Waals surface area contributed by atoms with E-state index in [9.17, 15) is 0 Å². The third-order valence-corrected chi connectivity index (χ3v) is 5.81. The van der Waals surface area contributed by atoms with E-state index in [4.69, 9.17) is 14.2 Å². The second-order valence-electron chi connectivity index (χ2n) is 6.58. The van der Waals surface area contributed by atoms with Crippen molar-refractivity contribution in [1.82, 2.24) is 9.78 Å². The van der Waals surface area contributed by atoms with Crippen molar-refractivity contribution < 1.29 is 14.2 Å². The molecular formula is C19H26N2O3S. The molecule has 1 aromatic heterocycles. The molecule has 2 aromatic rings. The van der Waals surface area contributed by atoms with Crippen molar-refractivity contribution in [1.29, 1.82) is 0 Å². The summed E-state index contributed by atoms with van der Waals surface area (Å²) in [5.41, 5.74) is 1.12. The molecule has 2 aliphatic rings. The fourth-order valence-corrected chi connectivity index (χ4v) is 4.41. The van der Waals surface area contributed by atoms with Gasteiger partial charge in [0.15, 0.2) is 12.5 Å². The molecule has 2 aliphatic heterocycles. The summed E-state index contributed by atoms with van der Waals surface area (Å²) in [5, 5.41) is 5.79. The van der Waals surface area contributed by atoms with E-state index in [1.54, 1.807) is 11.8 Å². The molecule has 6 heteroatoms. The molecule has 0 amide bonds. The molecular weight excluding hydrogens is 336 g/mol. The van der Waals surface area contributed by atoms with E-state index in [1.165, 1.54) is 12.8 Å². The molecule has 25 heavy (non-hydrogen) atoms. The number of nitrogens with zero attached hydrogens (tertiary/aromatic N) is 2. The van der Waals surface area contributed by atoms with Crippen molar-refractivity contribution in [3.8, 4) is 5.75 Å². The Morgan fingerprint density at radius 2 is 2.00 bits per heavy atom. The normalized spacial score (nSPS) is 24.5. The van der Waals surface area contributed by atoms with Crippen molar-refractivity contribution in [2.75, 3.05) is 19.0 Å². The van der Waals surface area contributed by atoms with Gasteiger partial charge in [-0.25, -0.2) is 4.68 Å². The molecule has 0 spiro atoms. The molecule has 0 N–H and O–H groups in total. The number of fused-ring (bicyclic) bond motifs is 1. The summed E-state index contributed by atoms with van der Waals surface area (Å²) in [4.78, 5) is 1.16. The molecule has 136 valence electrons. The van der Waals surface area contributed by atoms with Crippen LogP contribution in [0.5, 0.6) is 5.75 Å². The fraction of sp³-hybridized carbons (Fsp3) is 0.632. The number of benzene rings is 1. The number of ether oxygens (including phenoxy) is 3. The molecule has 0 aliphatic carbocycles. The highest BCUT2D eigenvalue weighted by Crippen LogP contribution is 2.39. The van der Waals surface area contributed by atoms with Crippen molar-refractivity contribution in [2.24, 2.45) is 0 Å². The first-order chi connectivity index (χ1) is 12.4. The van der Waals surface area contributed by atoms with Gasteiger partial charge < -0.3 is 14.2 Å². The van der Waals surface area contributed by atoms with Crippen molar-refractivity contribution in [3.63, 3.8) is 0 Å². The van der Waals surface area contributed by atoms with Crippen LogP contribution in [0, 0.1) is 0 Å². The van der Waals surface area contributed by atoms with Gasteiger partial charge in [0.1, 0.15) is 5.75 Å². The number of rotatable bonds is 5. The molecule has 4 rings (SSSR count). The van der Waals surface area contributed by atoms with E-state index < -0.39 is 0 Å². The van der Waals surface area contributed by atoms with Crippen LogP contribution >= 0.6 is 11.8 Å². The molecule has 2 unspecified atom stereocenters. The Balaban J connectivity index is 1.66. The molecule has 0 saturated carbocycles. The Kier molecular flexibility index (Phi) is 5.48. The molecule has 3 heterocycles. The first-order valence-electron chi connectivity index (χ1n) is 9.39. The van der Waals surface area contributed by atoms with E-state index in [-0.39, 0.29) is 12.5 Å². The van der Waals surface area contributed by atoms with Gasteiger partial charge in [0, 0.05) is 18.4 Å². The van der Waals surface area contributed by atoms with Crippen molar-refractivity contribution >= 4 is 22.7 Å². The van der Waals surface area contributed by atoms with Crippen LogP contribution in [-0.2, 0) is 9.47 Å². The predicted octanol–water partition coefficient (Wildman–Crippen LogP) is 4.75. The van der Waals surface area contributed by atoms with Gasteiger partial charge >= 0.3 is 0 Å². The number of hydrogen-bond donors (Lipinski definition) is 0. The Labute approximate surface area is 153 Å². The molecule has 2 fully saturated rings. The summed E-state index contributed by atoms with van der Waals surface area (Å²) in [5.74, 6) is 1.90. The SMILES string of the molecule is CCSc1c(OC2CCCCO2)ccc2c1cnn2C1CCCCO1. The average molecular weight is 362 g/mol. The Hall–Kier alpha value is -1.24. The molecule has 1 aromatic carbocycles. The maximum absolute atomic E-state index is 6.19. The standard InChI is InChI=1S/C19H26N2O3S/c1-2-25-19-14-13-20-21(17-7-3-5-11-22-17)15(14)9-10-16(19)24-18-8-4-6-12-23-18/h9-10,13,17-18H,2-8,11-12H2,1H3. The van der Waals surface area contributed by atoms with E-state index in [2.05, 4.69) is 24.2 Å². The predicted molar refractivity (Wildman–Crippen MR) is 99.2 cm³/mol. The number of aromatic nitrogens is 2. The fourth-order valence-electron chi connectivity index (χ4n) is 3.55. The van der Waals surface area contributed by atoms with Crippen LogP contribution in [0.1, 0.15) is 51.7 Å². The monoisotopic (exact) mass is 362 g/mol. The van der Waals surface area contributed by atoms with E-state index in [1.807, 2.05) is 10.9 Å². The van der Waals surface area contributed by atoms with Gasteiger partial charge in [-0.3, -0.25) is 0 Å². The lowest BCUT2D eigenvalue weighted by Crippen LogP contribution is -2.25. The maximum atomic E-state index is 6.19. The summed E-state index contributed by atoms with van der Waals surface area (Å²) in [6, 6.07) is 4.18. The molecule has 2 saturated heterocycles. The Morgan fingerprint density at radius 3 is 2.72 bits per heavy atom. The lowest BCUT2D eigenvalue weighted by molar-refractivity contribution is -0.107.